The van der Waals surface area contributed by atoms with Crippen LogP contribution in [0.1, 0.15) is 0 Å². The van der Waals surface area contributed by atoms with Crippen LogP contribution in [-0.4, -0.2) is 22.0 Å². The number of benzene rings is 1. The van der Waals surface area contributed by atoms with Gasteiger partial charge in [-0.05, 0) is 18.2 Å². The molecule has 0 aliphatic rings. The van der Waals surface area contributed by atoms with E-state index in [-0.39, 0.29) is 0 Å². The van der Waals surface area contributed by atoms with Crippen LogP contribution in [0.2, 0.25) is 0 Å². The van der Waals surface area contributed by atoms with Gasteiger partial charge < -0.3 is 5.32 Å². The van der Waals surface area contributed by atoms with Gasteiger partial charge in [0.1, 0.15) is 0 Å². The summed E-state index contributed by atoms with van der Waals surface area (Å²) in [7, 11) is 1.80. The van der Waals surface area contributed by atoms with Crippen LogP contribution in [0.4, 0.5) is 5.95 Å². The minimum Gasteiger partial charge on any atom is -0.357 e. The molecule has 1 aromatic carbocycles. The van der Waals surface area contributed by atoms with Gasteiger partial charge in [-0.2, -0.15) is 0 Å². The van der Waals surface area contributed by atoms with E-state index >= 15 is 0 Å². The first-order chi connectivity index (χ1) is 8.86. The van der Waals surface area contributed by atoms with E-state index < -0.39 is 0 Å². The fourth-order valence-electron chi connectivity index (χ4n) is 1.85. The molecule has 4 nitrogen and oxygen atoms in total. The van der Waals surface area contributed by atoms with Crippen LogP contribution in [0.3, 0.4) is 0 Å². The number of rotatable bonds is 2. The molecule has 0 radical (unpaired) electrons. The lowest BCUT2D eigenvalue weighted by molar-refractivity contribution is 1.15. The molecular weight excluding hydrogens is 224 g/mol. The van der Waals surface area contributed by atoms with Crippen LogP contribution in [0.5, 0.6) is 0 Å². The smallest absolute Gasteiger partial charge is 0.222 e. The molecular formula is C14H12N4. The first-order valence-corrected chi connectivity index (χ1v) is 5.73. The molecule has 0 fully saturated rings. The molecule has 3 aromatic rings. The van der Waals surface area contributed by atoms with Gasteiger partial charge >= 0.3 is 0 Å². The second-order valence-corrected chi connectivity index (χ2v) is 3.93. The van der Waals surface area contributed by atoms with Gasteiger partial charge in [0, 0.05) is 30.4 Å². The Kier molecular flexibility index (Phi) is 2.61. The SMILES string of the molecule is CNc1nccc(-c2cnc3ccccc3c2)n1. The molecule has 0 bridgehead atoms. The number of para-hydroxylation sites is 1. The highest BCUT2D eigenvalue weighted by Gasteiger charge is 2.03. The Morgan fingerprint density at radius 2 is 1.94 bits per heavy atom. The lowest BCUT2D eigenvalue weighted by Gasteiger charge is -2.04. The molecule has 0 atom stereocenters. The van der Waals surface area contributed by atoms with Gasteiger partial charge in [-0.15, -0.1) is 0 Å². The fourth-order valence-corrected chi connectivity index (χ4v) is 1.85. The maximum absolute atomic E-state index is 4.43. The predicted molar refractivity (Wildman–Crippen MR) is 72.3 cm³/mol. The van der Waals surface area contributed by atoms with E-state index in [9.17, 15) is 0 Å². The van der Waals surface area contributed by atoms with Gasteiger partial charge in [-0.25, -0.2) is 9.97 Å². The van der Waals surface area contributed by atoms with Crippen LogP contribution in [0.15, 0.2) is 48.8 Å². The zero-order valence-electron chi connectivity index (χ0n) is 9.96. The Balaban J connectivity index is 2.13. The fraction of sp³-hybridized carbons (Fsp3) is 0.0714. The normalized spacial score (nSPS) is 10.5. The third-order valence-electron chi connectivity index (χ3n) is 2.77. The number of pyridine rings is 1. The minimum absolute atomic E-state index is 0.612. The summed E-state index contributed by atoms with van der Waals surface area (Å²) in [5.41, 5.74) is 2.85. The Bertz CT molecular complexity index is 694. The van der Waals surface area contributed by atoms with Crippen molar-refractivity contribution in [2.24, 2.45) is 0 Å². The number of nitrogens with one attached hydrogen (secondary N) is 1. The number of aromatic nitrogens is 3. The molecule has 0 aliphatic carbocycles. The average Bonchev–Trinajstić information content (AvgIpc) is 2.47. The highest BCUT2D eigenvalue weighted by Crippen LogP contribution is 2.21. The van der Waals surface area contributed by atoms with E-state index in [4.69, 9.17) is 0 Å². The number of fused-ring (bicyclic) bond motifs is 1. The van der Waals surface area contributed by atoms with Gasteiger partial charge in [-0.1, -0.05) is 18.2 Å². The lowest BCUT2D eigenvalue weighted by atomic mass is 10.1. The average molecular weight is 236 g/mol. The van der Waals surface area contributed by atoms with E-state index in [1.165, 1.54) is 0 Å². The van der Waals surface area contributed by atoms with Crippen LogP contribution >= 0.6 is 0 Å². The van der Waals surface area contributed by atoms with Crippen LogP contribution in [0, 0.1) is 0 Å². The van der Waals surface area contributed by atoms with Gasteiger partial charge in [0.15, 0.2) is 0 Å². The summed E-state index contributed by atoms with van der Waals surface area (Å²) in [6.45, 7) is 0. The van der Waals surface area contributed by atoms with Crippen molar-refractivity contribution >= 4 is 16.9 Å². The molecule has 0 aliphatic heterocycles. The second kappa shape index (κ2) is 4.41. The zero-order chi connectivity index (χ0) is 12.4. The Labute approximate surface area is 105 Å². The molecule has 0 spiro atoms. The van der Waals surface area contributed by atoms with Crippen molar-refractivity contribution in [3.05, 3.63) is 48.8 Å². The molecule has 2 heterocycles. The Hall–Kier alpha value is -2.49. The largest absolute Gasteiger partial charge is 0.357 e. The summed E-state index contributed by atoms with van der Waals surface area (Å²) in [5.74, 6) is 0.612. The molecule has 3 rings (SSSR count). The molecule has 0 saturated heterocycles. The maximum Gasteiger partial charge on any atom is 0.222 e. The first-order valence-electron chi connectivity index (χ1n) is 5.73. The van der Waals surface area contributed by atoms with Crippen molar-refractivity contribution in [2.75, 3.05) is 12.4 Å². The summed E-state index contributed by atoms with van der Waals surface area (Å²) in [6.07, 6.45) is 3.58. The third kappa shape index (κ3) is 1.88. The topological polar surface area (TPSA) is 50.7 Å². The van der Waals surface area contributed by atoms with E-state index in [1.54, 1.807) is 13.2 Å². The molecule has 2 aromatic heterocycles. The quantitative estimate of drug-likeness (QED) is 0.743. The van der Waals surface area contributed by atoms with Gasteiger partial charge in [0.25, 0.3) is 0 Å². The predicted octanol–water partition coefficient (Wildman–Crippen LogP) is 2.73. The van der Waals surface area contributed by atoms with Gasteiger partial charge in [0.2, 0.25) is 5.95 Å². The van der Waals surface area contributed by atoms with E-state index in [2.05, 4.69) is 26.3 Å². The molecule has 0 unspecified atom stereocenters. The van der Waals surface area contributed by atoms with Crippen molar-refractivity contribution in [3.63, 3.8) is 0 Å². The van der Waals surface area contributed by atoms with E-state index in [0.717, 1.165) is 22.2 Å². The molecule has 18 heavy (non-hydrogen) atoms. The molecule has 1 N–H and O–H groups in total. The van der Waals surface area contributed by atoms with E-state index in [0.29, 0.717) is 5.95 Å². The van der Waals surface area contributed by atoms with Crippen LogP contribution < -0.4 is 5.32 Å². The van der Waals surface area contributed by atoms with Gasteiger partial charge in [-0.3, -0.25) is 4.98 Å². The number of anilines is 1. The Morgan fingerprint density at radius 3 is 2.83 bits per heavy atom. The molecule has 88 valence electrons. The standard InChI is InChI=1S/C14H12N4/c1-15-14-16-7-6-13(18-14)11-8-10-4-2-3-5-12(10)17-9-11/h2-9H,1H3,(H,15,16,18). The van der Waals surface area contributed by atoms with Crippen molar-refractivity contribution in [2.45, 2.75) is 0 Å². The second-order valence-electron chi connectivity index (χ2n) is 3.93. The highest BCUT2D eigenvalue weighted by molar-refractivity contribution is 5.82. The number of nitrogens with zero attached hydrogens (tertiary/aromatic N) is 3. The summed E-state index contributed by atoms with van der Waals surface area (Å²) < 4.78 is 0. The Morgan fingerprint density at radius 1 is 1.06 bits per heavy atom. The highest BCUT2D eigenvalue weighted by atomic mass is 15.1. The third-order valence-corrected chi connectivity index (χ3v) is 2.77. The summed E-state index contributed by atoms with van der Waals surface area (Å²) in [4.78, 5) is 12.9. The summed E-state index contributed by atoms with van der Waals surface area (Å²) >= 11 is 0. The van der Waals surface area contributed by atoms with Crippen molar-refractivity contribution in [1.82, 2.24) is 15.0 Å². The summed E-state index contributed by atoms with van der Waals surface area (Å²) in [5, 5.41) is 4.04. The van der Waals surface area contributed by atoms with Crippen molar-refractivity contribution < 1.29 is 0 Å². The monoisotopic (exact) mass is 236 g/mol. The summed E-state index contributed by atoms with van der Waals surface area (Å²) in [6, 6.07) is 12.0. The van der Waals surface area contributed by atoms with Crippen molar-refractivity contribution in [3.8, 4) is 11.3 Å². The van der Waals surface area contributed by atoms with Crippen LogP contribution in [0.25, 0.3) is 22.2 Å². The van der Waals surface area contributed by atoms with Crippen molar-refractivity contribution in [1.29, 1.82) is 0 Å². The number of hydrogen-bond acceptors (Lipinski definition) is 4. The molecule has 0 amide bonds. The minimum atomic E-state index is 0.612. The molecule has 0 saturated carbocycles. The maximum atomic E-state index is 4.43. The van der Waals surface area contributed by atoms with E-state index in [1.807, 2.05) is 36.5 Å². The zero-order valence-corrected chi connectivity index (χ0v) is 9.96. The first kappa shape index (κ1) is 10.7. The number of hydrogen-bond donors (Lipinski definition) is 1. The molecule has 4 heteroatoms. The van der Waals surface area contributed by atoms with Crippen LogP contribution in [-0.2, 0) is 0 Å². The van der Waals surface area contributed by atoms with Gasteiger partial charge in [0.05, 0.1) is 11.2 Å². The lowest BCUT2D eigenvalue weighted by Crippen LogP contribution is -1.96.